The van der Waals surface area contributed by atoms with Crippen LogP contribution in [-0.4, -0.2) is 14.4 Å². The Hall–Kier alpha value is -2.36. The normalized spacial score (nSPS) is 10.9. The highest BCUT2D eigenvalue weighted by Crippen LogP contribution is 2.13. The van der Waals surface area contributed by atoms with Crippen LogP contribution in [0.3, 0.4) is 0 Å². The van der Waals surface area contributed by atoms with E-state index in [0.29, 0.717) is 6.54 Å². The fraction of sp³-hybridized carbons (Fsp3) is 0.250. The first-order valence-corrected chi connectivity index (χ1v) is 6.74. The number of fused-ring (bicyclic) bond motifs is 1. The lowest BCUT2D eigenvalue weighted by Crippen LogP contribution is -2.02. The van der Waals surface area contributed by atoms with Gasteiger partial charge in [-0.15, -0.1) is 0 Å². The van der Waals surface area contributed by atoms with Crippen LogP contribution in [-0.2, 0) is 6.54 Å². The number of aromatic nitrogens is 3. The van der Waals surface area contributed by atoms with Gasteiger partial charge in [-0.25, -0.2) is 9.97 Å². The van der Waals surface area contributed by atoms with E-state index in [0.717, 1.165) is 22.9 Å². The van der Waals surface area contributed by atoms with Gasteiger partial charge in [-0.2, -0.15) is 0 Å². The van der Waals surface area contributed by atoms with E-state index in [2.05, 4.69) is 51.9 Å². The second-order valence-corrected chi connectivity index (χ2v) is 5.18. The molecule has 0 bridgehead atoms. The van der Waals surface area contributed by atoms with Crippen LogP contribution in [0.25, 0.3) is 5.65 Å². The SMILES string of the molecule is Cc1cc(C)nc(NCc2cn3cccc(C)c3n2)c1. The summed E-state index contributed by atoms with van der Waals surface area (Å²) >= 11 is 0. The molecular formula is C16H18N4. The number of anilines is 1. The summed E-state index contributed by atoms with van der Waals surface area (Å²) in [4.78, 5) is 9.12. The maximum atomic E-state index is 4.64. The van der Waals surface area contributed by atoms with Gasteiger partial charge in [-0.3, -0.25) is 0 Å². The Labute approximate surface area is 118 Å². The standard InChI is InChI=1S/C16H18N4/c1-11-7-13(3)18-15(8-11)17-9-14-10-20-6-4-5-12(2)16(20)19-14/h4-8,10H,9H2,1-3H3,(H,17,18). The molecule has 0 unspecified atom stereocenters. The maximum Gasteiger partial charge on any atom is 0.140 e. The first-order chi connectivity index (χ1) is 9.61. The number of hydrogen-bond acceptors (Lipinski definition) is 3. The quantitative estimate of drug-likeness (QED) is 0.791. The molecule has 102 valence electrons. The molecule has 4 heteroatoms. The Morgan fingerprint density at radius 3 is 2.75 bits per heavy atom. The molecule has 3 aromatic rings. The second kappa shape index (κ2) is 4.96. The van der Waals surface area contributed by atoms with Crippen molar-refractivity contribution in [2.45, 2.75) is 27.3 Å². The Morgan fingerprint density at radius 2 is 2.00 bits per heavy atom. The average molecular weight is 266 g/mol. The number of rotatable bonds is 3. The number of hydrogen-bond donors (Lipinski definition) is 1. The fourth-order valence-corrected chi connectivity index (χ4v) is 2.40. The van der Waals surface area contributed by atoms with Crippen molar-refractivity contribution in [3.8, 4) is 0 Å². The molecule has 3 heterocycles. The molecule has 0 saturated heterocycles. The molecule has 20 heavy (non-hydrogen) atoms. The highest BCUT2D eigenvalue weighted by molar-refractivity contribution is 5.48. The van der Waals surface area contributed by atoms with Crippen molar-refractivity contribution >= 4 is 11.5 Å². The smallest absolute Gasteiger partial charge is 0.140 e. The van der Waals surface area contributed by atoms with E-state index in [1.54, 1.807) is 0 Å². The van der Waals surface area contributed by atoms with Gasteiger partial charge >= 0.3 is 0 Å². The molecule has 0 atom stereocenters. The van der Waals surface area contributed by atoms with Crippen molar-refractivity contribution in [3.63, 3.8) is 0 Å². The summed E-state index contributed by atoms with van der Waals surface area (Å²) in [6, 6.07) is 8.23. The lowest BCUT2D eigenvalue weighted by atomic mass is 10.2. The molecule has 0 radical (unpaired) electrons. The summed E-state index contributed by atoms with van der Waals surface area (Å²) in [7, 11) is 0. The molecule has 4 nitrogen and oxygen atoms in total. The summed E-state index contributed by atoms with van der Waals surface area (Å²) in [5.74, 6) is 0.899. The fourth-order valence-electron chi connectivity index (χ4n) is 2.40. The number of nitrogens with one attached hydrogen (secondary N) is 1. The van der Waals surface area contributed by atoms with Crippen LogP contribution < -0.4 is 5.32 Å². The van der Waals surface area contributed by atoms with Crippen LogP contribution in [0, 0.1) is 20.8 Å². The zero-order valence-corrected chi connectivity index (χ0v) is 12.0. The third-order valence-corrected chi connectivity index (χ3v) is 3.28. The van der Waals surface area contributed by atoms with Crippen LogP contribution in [0.5, 0.6) is 0 Å². The number of aryl methyl sites for hydroxylation is 3. The van der Waals surface area contributed by atoms with Gasteiger partial charge in [-0.1, -0.05) is 6.07 Å². The van der Waals surface area contributed by atoms with E-state index >= 15 is 0 Å². The summed E-state index contributed by atoms with van der Waals surface area (Å²) < 4.78 is 2.06. The van der Waals surface area contributed by atoms with Crippen LogP contribution in [0.4, 0.5) is 5.82 Å². The van der Waals surface area contributed by atoms with Crippen molar-refractivity contribution in [1.82, 2.24) is 14.4 Å². The van der Waals surface area contributed by atoms with Crippen LogP contribution in [0.2, 0.25) is 0 Å². The van der Waals surface area contributed by atoms with E-state index in [4.69, 9.17) is 0 Å². The van der Waals surface area contributed by atoms with Gasteiger partial charge in [0, 0.05) is 18.1 Å². The largest absolute Gasteiger partial charge is 0.364 e. The zero-order valence-electron chi connectivity index (χ0n) is 12.0. The molecule has 0 aliphatic heterocycles. The third kappa shape index (κ3) is 2.50. The first-order valence-electron chi connectivity index (χ1n) is 6.74. The molecule has 3 rings (SSSR count). The predicted molar refractivity (Wildman–Crippen MR) is 81.0 cm³/mol. The average Bonchev–Trinajstić information content (AvgIpc) is 2.80. The summed E-state index contributed by atoms with van der Waals surface area (Å²) in [5, 5.41) is 3.34. The summed E-state index contributed by atoms with van der Waals surface area (Å²) in [6.45, 7) is 6.84. The maximum absolute atomic E-state index is 4.64. The van der Waals surface area contributed by atoms with Crippen LogP contribution in [0.1, 0.15) is 22.5 Å². The minimum absolute atomic E-state index is 0.678. The van der Waals surface area contributed by atoms with E-state index in [9.17, 15) is 0 Å². The molecule has 3 aromatic heterocycles. The Bertz CT molecular complexity index is 738. The predicted octanol–water partition coefficient (Wildman–Crippen LogP) is 3.27. The van der Waals surface area contributed by atoms with Gasteiger partial charge in [0.2, 0.25) is 0 Å². The second-order valence-electron chi connectivity index (χ2n) is 5.18. The Kier molecular flexibility index (Phi) is 3.14. The Balaban J connectivity index is 1.81. The molecule has 0 fully saturated rings. The monoisotopic (exact) mass is 266 g/mol. The van der Waals surface area contributed by atoms with Crippen molar-refractivity contribution in [2.24, 2.45) is 0 Å². The number of imidazole rings is 1. The summed E-state index contributed by atoms with van der Waals surface area (Å²) in [6.07, 6.45) is 4.08. The molecule has 0 saturated carbocycles. The lowest BCUT2D eigenvalue weighted by molar-refractivity contribution is 1.04. The Morgan fingerprint density at radius 1 is 1.15 bits per heavy atom. The van der Waals surface area contributed by atoms with Crippen molar-refractivity contribution in [1.29, 1.82) is 0 Å². The minimum atomic E-state index is 0.678. The molecule has 0 spiro atoms. The van der Waals surface area contributed by atoms with E-state index in [1.807, 2.05) is 25.3 Å². The zero-order chi connectivity index (χ0) is 14.1. The van der Waals surface area contributed by atoms with Gasteiger partial charge in [-0.05, 0) is 50.1 Å². The number of nitrogens with zero attached hydrogens (tertiary/aromatic N) is 3. The minimum Gasteiger partial charge on any atom is -0.364 e. The van der Waals surface area contributed by atoms with Gasteiger partial charge in [0.25, 0.3) is 0 Å². The molecule has 0 amide bonds. The molecule has 1 N–H and O–H groups in total. The van der Waals surface area contributed by atoms with E-state index in [-0.39, 0.29) is 0 Å². The topological polar surface area (TPSA) is 42.2 Å². The van der Waals surface area contributed by atoms with Crippen molar-refractivity contribution in [3.05, 3.63) is 59.2 Å². The van der Waals surface area contributed by atoms with E-state index in [1.165, 1.54) is 11.1 Å². The van der Waals surface area contributed by atoms with Gasteiger partial charge in [0.1, 0.15) is 11.5 Å². The highest BCUT2D eigenvalue weighted by atomic mass is 15.0. The van der Waals surface area contributed by atoms with Crippen LogP contribution >= 0.6 is 0 Å². The van der Waals surface area contributed by atoms with Crippen LogP contribution in [0.15, 0.2) is 36.7 Å². The molecule has 0 aromatic carbocycles. The van der Waals surface area contributed by atoms with E-state index < -0.39 is 0 Å². The highest BCUT2D eigenvalue weighted by Gasteiger charge is 2.04. The van der Waals surface area contributed by atoms with Crippen molar-refractivity contribution < 1.29 is 0 Å². The van der Waals surface area contributed by atoms with Gasteiger partial charge in [0.15, 0.2) is 0 Å². The molecule has 0 aliphatic rings. The van der Waals surface area contributed by atoms with Crippen molar-refractivity contribution in [2.75, 3.05) is 5.32 Å². The first kappa shape index (κ1) is 12.7. The van der Waals surface area contributed by atoms with Gasteiger partial charge < -0.3 is 9.72 Å². The third-order valence-electron chi connectivity index (χ3n) is 3.28. The molecular weight excluding hydrogens is 248 g/mol. The van der Waals surface area contributed by atoms with Gasteiger partial charge in [0.05, 0.1) is 12.2 Å². The molecule has 0 aliphatic carbocycles. The lowest BCUT2D eigenvalue weighted by Gasteiger charge is -2.05. The summed E-state index contributed by atoms with van der Waals surface area (Å²) in [5.41, 5.74) is 5.45. The number of pyridine rings is 2.